The molecular weight excluding hydrogens is 404 g/mol. The molecule has 0 radical (unpaired) electrons. The number of carbonyl (C=O) groups excluding carboxylic acids is 1. The van der Waals surface area contributed by atoms with Crippen molar-refractivity contribution in [3.8, 4) is 17.2 Å². The Morgan fingerprint density at radius 2 is 1.76 bits per heavy atom. The van der Waals surface area contributed by atoms with Crippen molar-refractivity contribution in [2.45, 2.75) is 0 Å². The van der Waals surface area contributed by atoms with Gasteiger partial charge in [-0.2, -0.15) is 0 Å². The summed E-state index contributed by atoms with van der Waals surface area (Å²) in [7, 11) is 4.42. The number of hydrogen-bond donors (Lipinski definition) is 0. The Morgan fingerprint density at radius 1 is 1.10 bits per heavy atom. The van der Waals surface area contributed by atoms with Crippen LogP contribution in [0, 0.1) is 10.1 Å². The number of rotatable bonds is 6. The molecule has 1 heterocycles. The van der Waals surface area contributed by atoms with Gasteiger partial charge in [0.15, 0.2) is 17.2 Å². The largest absolute Gasteiger partial charge is 0.493 e. The quantitative estimate of drug-likeness (QED) is 0.305. The second-order valence-corrected chi connectivity index (χ2v) is 6.12. The molecule has 29 heavy (non-hydrogen) atoms. The first-order valence-corrected chi connectivity index (χ1v) is 8.52. The van der Waals surface area contributed by atoms with Crippen molar-refractivity contribution < 1.29 is 28.7 Å². The lowest BCUT2D eigenvalue weighted by atomic mass is 10.1. The zero-order valence-corrected chi connectivity index (χ0v) is 16.4. The summed E-state index contributed by atoms with van der Waals surface area (Å²) in [4.78, 5) is 26.8. The van der Waals surface area contributed by atoms with Crippen molar-refractivity contribution in [2.24, 2.45) is 4.99 Å². The van der Waals surface area contributed by atoms with E-state index in [1.54, 1.807) is 12.1 Å². The van der Waals surface area contributed by atoms with E-state index in [0.29, 0.717) is 22.8 Å². The SMILES string of the molecule is COc1cc(/C=C2\N=C(c3cc([N+](=O)[O-])ccc3Cl)OC2=O)cc(OC)c1OC. The number of ether oxygens (including phenoxy) is 4. The Labute approximate surface area is 170 Å². The van der Waals surface area contributed by atoms with Crippen LogP contribution in [0.25, 0.3) is 6.08 Å². The molecule has 0 bridgehead atoms. The van der Waals surface area contributed by atoms with Crippen LogP contribution in [0.4, 0.5) is 5.69 Å². The van der Waals surface area contributed by atoms with Crippen LogP contribution in [-0.4, -0.2) is 38.1 Å². The summed E-state index contributed by atoms with van der Waals surface area (Å²) in [6, 6.07) is 7.05. The second-order valence-electron chi connectivity index (χ2n) is 5.72. The predicted octanol–water partition coefficient (Wildman–Crippen LogP) is 3.62. The molecule has 1 aliphatic rings. The summed E-state index contributed by atoms with van der Waals surface area (Å²) in [6.45, 7) is 0. The standard InChI is InChI=1S/C19H15ClN2O7/c1-26-15-7-10(8-16(27-2)17(15)28-3)6-14-19(23)29-18(21-14)12-9-11(22(24)25)4-5-13(12)20/h4-9H,1-3H3/b14-6-. The molecule has 150 valence electrons. The highest BCUT2D eigenvalue weighted by molar-refractivity contribution is 6.34. The van der Waals surface area contributed by atoms with Crippen LogP contribution in [0.5, 0.6) is 17.2 Å². The summed E-state index contributed by atoms with van der Waals surface area (Å²) < 4.78 is 21.0. The summed E-state index contributed by atoms with van der Waals surface area (Å²) >= 11 is 6.09. The van der Waals surface area contributed by atoms with Gasteiger partial charge in [0.2, 0.25) is 11.6 Å². The number of carbonyl (C=O) groups is 1. The fourth-order valence-corrected chi connectivity index (χ4v) is 2.86. The average molecular weight is 419 g/mol. The van der Waals surface area contributed by atoms with Crippen LogP contribution in [-0.2, 0) is 9.53 Å². The van der Waals surface area contributed by atoms with E-state index in [1.807, 2.05) is 0 Å². The Bertz CT molecular complexity index is 1040. The van der Waals surface area contributed by atoms with Gasteiger partial charge >= 0.3 is 5.97 Å². The number of aliphatic imine (C=N–C) groups is 1. The van der Waals surface area contributed by atoms with Gasteiger partial charge in [-0.1, -0.05) is 11.6 Å². The molecule has 10 heteroatoms. The number of methoxy groups -OCH3 is 3. The lowest BCUT2D eigenvalue weighted by Crippen LogP contribution is -2.06. The maximum atomic E-state index is 12.3. The molecule has 0 saturated heterocycles. The topological polar surface area (TPSA) is 109 Å². The number of nitro groups is 1. The van der Waals surface area contributed by atoms with Crippen molar-refractivity contribution in [1.29, 1.82) is 0 Å². The van der Waals surface area contributed by atoms with Gasteiger partial charge in [0.1, 0.15) is 0 Å². The molecule has 3 rings (SSSR count). The summed E-state index contributed by atoms with van der Waals surface area (Å²) in [5.41, 5.74) is 0.464. The first-order valence-electron chi connectivity index (χ1n) is 8.14. The van der Waals surface area contributed by atoms with E-state index >= 15 is 0 Å². The zero-order valence-electron chi connectivity index (χ0n) is 15.6. The van der Waals surface area contributed by atoms with Gasteiger partial charge in [0.25, 0.3) is 5.69 Å². The van der Waals surface area contributed by atoms with Crippen LogP contribution in [0.3, 0.4) is 0 Å². The Balaban J connectivity index is 2.04. The molecule has 0 spiro atoms. The number of non-ortho nitro benzene ring substituents is 1. The van der Waals surface area contributed by atoms with Crippen molar-refractivity contribution >= 4 is 35.2 Å². The summed E-state index contributed by atoms with van der Waals surface area (Å²) in [6.07, 6.45) is 1.46. The molecule has 0 N–H and O–H groups in total. The first kappa shape index (κ1) is 20.2. The van der Waals surface area contributed by atoms with Crippen LogP contribution in [0.15, 0.2) is 41.0 Å². The van der Waals surface area contributed by atoms with E-state index < -0.39 is 10.9 Å². The monoisotopic (exact) mass is 418 g/mol. The second kappa shape index (κ2) is 8.19. The van der Waals surface area contributed by atoms with E-state index in [0.717, 1.165) is 0 Å². The van der Waals surface area contributed by atoms with Crippen molar-refractivity contribution in [1.82, 2.24) is 0 Å². The molecule has 0 aromatic heterocycles. The molecule has 1 aliphatic heterocycles. The highest BCUT2D eigenvalue weighted by atomic mass is 35.5. The van der Waals surface area contributed by atoms with E-state index in [9.17, 15) is 14.9 Å². The van der Waals surface area contributed by atoms with Gasteiger partial charge in [0.05, 0.1) is 36.8 Å². The number of hydrogen-bond acceptors (Lipinski definition) is 8. The van der Waals surface area contributed by atoms with Gasteiger partial charge in [-0.05, 0) is 29.8 Å². The minimum atomic E-state index is -0.726. The molecule has 0 aliphatic carbocycles. The molecular formula is C19H15ClN2O7. The normalized spacial score (nSPS) is 14.4. The smallest absolute Gasteiger partial charge is 0.363 e. The van der Waals surface area contributed by atoms with E-state index in [4.69, 9.17) is 30.5 Å². The summed E-state index contributed by atoms with van der Waals surface area (Å²) in [5, 5.41) is 11.2. The zero-order chi connectivity index (χ0) is 21.1. The van der Waals surface area contributed by atoms with Crippen LogP contribution >= 0.6 is 11.6 Å². The highest BCUT2D eigenvalue weighted by Crippen LogP contribution is 2.39. The van der Waals surface area contributed by atoms with Gasteiger partial charge in [-0.3, -0.25) is 10.1 Å². The van der Waals surface area contributed by atoms with Crippen LogP contribution in [0.1, 0.15) is 11.1 Å². The number of nitrogens with zero attached hydrogens (tertiary/aromatic N) is 2. The Kier molecular flexibility index (Phi) is 5.69. The maximum Gasteiger partial charge on any atom is 0.363 e. The Hall–Kier alpha value is -3.59. The van der Waals surface area contributed by atoms with Crippen LogP contribution in [0.2, 0.25) is 5.02 Å². The molecule has 9 nitrogen and oxygen atoms in total. The molecule has 2 aromatic carbocycles. The number of benzene rings is 2. The molecule has 0 saturated carbocycles. The molecule has 0 unspecified atom stereocenters. The Morgan fingerprint density at radius 3 is 2.31 bits per heavy atom. The lowest BCUT2D eigenvalue weighted by Gasteiger charge is -2.12. The number of esters is 1. The molecule has 0 atom stereocenters. The molecule has 0 fully saturated rings. The highest BCUT2D eigenvalue weighted by Gasteiger charge is 2.27. The van der Waals surface area contributed by atoms with E-state index in [2.05, 4.69) is 4.99 Å². The van der Waals surface area contributed by atoms with Gasteiger partial charge in [-0.25, -0.2) is 9.79 Å². The number of halogens is 1. The van der Waals surface area contributed by atoms with Crippen molar-refractivity contribution in [3.63, 3.8) is 0 Å². The number of nitro benzene ring substituents is 1. The van der Waals surface area contributed by atoms with Crippen LogP contribution < -0.4 is 14.2 Å². The number of cyclic esters (lactones) is 1. The third-order valence-electron chi connectivity index (χ3n) is 4.00. The molecule has 0 amide bonds. The average Bonchev–Trinajstić information content (AvgIpc) is 3.07. The maximum absolute atomic E-state index is 12.3. The predicted molar refractivity (Wildman–Crippen MR) is 105 cm³/mol. The third kappa shape index (κ3) is 3.99. The van der Waals surface area contributed by atoms with Gasteiger partial charge < -0.3 is 18.9 Å². The fraction of sp³-hybridized carbons (Fsp3) is 0.158. The fourth-order valence-electron chi connectivity index (χ4n) is 2.66. The van der Waals surface area contributed by atoms with Gasteiger partial charge in [0, 0.05) is 12.1 Å². The molecule has 2 aromatic rings. The van der Waals surface area contributed by atoms with E-state index in [-0.39, 0.29) is 27.9 Å². The third-order valence-corrected chi connectivity index (χ3v) is 4.33. The minimum Gasteiger partial charge on any atom is -0.493 e. The van der Waals surface area contributed by atoms with Gasteiger partial charge in [-0.15, -0.1) is 0 Å². The lowest BCUT2D eigenvalue weighted by molar-refractivity contribution is -0.384. The van der Waals surface area contributed by atoms with Crippen molar-refractivity contribution in [3.05, 3.63) is 62.3 Å². The first-order chi connectivity index (χ1) is 13.9. The summed E-state index contributed by atoms with van der Waals surface area (Å²) in [5.74, 6) is 0.351. The minimum absolute atomic E-state index is 0.0168. The van der Waals surface area contributed by atoms with E-state index in [1.165, 1.54) is 45.6 Å². The van der Waals surface area contributed by atoms with Crippen molar-refractivity contribution in [2.75, 3.05) is 21.3 Å².